The van der Waals surface area contributed by atoms with Crippen LogP contribution in [0.1, 0.15) is 38.8 Å². The summed E-state index contributed by atoms with van der Waals surface area (Å²) in [5.74, 6) is 0.548. The highest BCUT2D eigenvalue weighted by Crippen LogP contribution is 2.32. The van der Waals surface area contributed by atoms with Gasteiger partial charge in [0.2, 0.25) is 15.4 Å². The summed E-state index contributed by atoms with van der Waals surface area (Å²) in [6.45, 7) is 5.31. The number of amides is 1. The first kappa shape index (κ1) is 22.1. The van der Waals surface area contributed by atoms with Crippen LogP contribution in [0.5, 0.6) is 11.5 Å². The van der Waals surface area contributed by atoms with E-state index in [-0.39, 0.29) is 21.3 Å². The maximum absolute atomic E-state index is 12.7. The normalized spacial score (nSPS) is 12.6. The Labute approximate surface area is 168 Å². The third-order valence-electron chi connectivity index (χ3n) is 3.91. The molecule has 0 aliphatic carbocycles. The lowest BCUT2D eigenvalue weighted by atomic mass is 10.1. The first-order valence-electron chi connectivity index (χ1n) is 8.60. The molecule has 0 saturated carbocycles. The SMILES string of the molecule is CC[C@@H](NS(=O)(=O)c1nnc(NC(=O)C(C)C)s1)c1ccc(OC)c(OC)c1. The third-order valence-corrected chi connectivity index (χ3v) is 6.58. The molecule has 2 N–H and O–H groups in total. The molecule has 0 saturated heterocycles. The summed E-state index contributed by atoms with van der Waals surface area (Å²) >= 11 is 0.798. The van der Waals surface area contributed by atoms with E-state index in [0.717, 1.165) is 16.9 Å². The van der Waals surface area contributed by atoms with Gasteiger partial charge in [0, 0.05) is 12.0 Å². The van der Waals surface area contributed by atoms with Crippen LogP contribution in [0.4, 0.5) is 5.13 Å². The third kappa shape index (κ3) is 5.18. The molecule has 28 heavy (non-hydrogen) atoms. The molecule has 0 radical (unpaired) electrons. The molecule has 1 heterocycles. The van der Waals surface area contributed by atoms with Gasteiger partial charge in [0.25, 0.3) is 10.0 Å². The molecule has 0 bridgehead atoms. The number of aromatic nitrogens is 2. The summed E-state index contributed by atoms with van der Waals surface area (Å²) in [4.78, 5) is 11.7. The fraction of sp³-hybridized carbons (Fsp3) is 0.471. The molecule has 1 atom stereocenters. The van der Waals surface area contributed by atoms with Crippen molar-refractivity contribution in [1.82, 2.24) is 14.9 Å². The number of anilines is 1. The topological polar surface area (TPSA) is 120 Å². The number of hydrogen-bond donors (Lipinski definition) is 2. The van der Waals surface area contributed by atoms with Crippen LogP contribution in [-0.2, 0) is 14.8 Å². The van der Waals surface area contributed by atoms with Gasteiger partial charge in [0.15, 0.2) is 11.5 Å². The van der Waals surface area contributed by atoms with E-state index < -0.39 is 16.1 Å². The first-order valence-corrected chi connectivity index (χ1v) is 10.9. The van der Waals surface area contributed by atoms with Crippen molar-refractivity contribution in [3.05, 3.63) is 23.8 Å². The van der Waals surface area contributed by atoms with Crippen LogP contribution < -0.4 is 19.5 Å². The molecule has 2 aromatic rings. The van der Waals surface area contributed by atoms with Crippen molar-refractivity contribution in [3.63, 3.8) is 0 Å². The van der Waals surface area contributed by atoms with Crippen molar-refractivity contribution < 1.29 is 22.7 Å². The number of sulfonamides is 1. The van der Waals surface area contributed by atoms with Gasteiger partial charge in [0.05, 0.1) is 14.2 Å². The standard InChI is InChI=1S/C17H24N4O5S2/c1-6-12(11-7-8-13(25-4)14(9-11)26-5)21-28(23,24)17-20-19-16(27-17)18-15(22)10(2)3/h7-10,12,21H,6H2,1-5H3,(H,18,19,22)/t12-/m1/s1. The summed E-state index contributed by atoms with van der Waals surface area (Å²) in [5, 5.41) is 10.1. The molecule has 2 rings (SSSR count). The maximum Gasteiger partial charge on any atom is 0.270 e. The summed E-state index contributed by atoms with van der Waals surface area (Å²) in [6, 6.07) is 4.72. The van der Waals surface area contributed by atoms with Crippen LogP contribution in [0, 0.1) is 5.92 Å². The largest absolute Gasteiger partial charge is 0.493 e. The molecule has 154 valence electrons. The lowest BCUT2D eigenvalue weighted by Gasteiger charge is -2.18. The number of benzene rings is 1. The van der Waals surface area contributed by atoms with Crippen LogP contribution in [0.2, 0.25) is 0 Å². The van der Waals surface area contributed by atoms with Gasteiger partial charge >= 0.3 is 0 Å². The lowest BCUT2D eigenvalue weighted by Crippen LogP contribution is -2.28. The van der Waals surface area contributed by atoms with Crippen molar-refractivity contribution in [2.75, 3.05) is 19.5 Å². The molecular weight excluding hydrogens is 404 g/mol. The van der Waals surface area contributed by atoms with E-state index in [1.807, 2.05) is 6.92 Å². The van der Waals surface area contributed by atoms with Gasteiger partial charge in [-0.1, -0.05) is 38.2 Å². The van der Waals surface area contributed by atoms with E-state index >= 15 is 0 Å². The molecule has 9 nitrogen and oxygen atoms in total. The Bertz CT molecular complexity index is 927. The highest BCUT2D eigenvalue weighted by Gasteiger charge is 2.25. The van der Waals surface area contributed by atoms with E-state index in [0.29, 0.717) is 17.9 Å². The molecule has 0 spiro atoms. The van der Waals surface area contributed by atoms with E-state index in [2.05, 4.69) is 20.2 Å². The summed E-state index contributed by atoms with van der Waals surface area (Å²) in [7, 11) is -0.873. The molecule has 11 heteroatoms. The van der Waals surface area contributed by atoms with Crippen molar-refractivity contribution >= 4 is 32.4 Å². The van der Waals surface area contributed by atoms with Crippen LogP contribution in [0.3, 0.4) is 0 Å². The van der Waals surface area contributed by atoms with Crippen LogP contribution in [0.25, 0.3) is 0 Å². The quantitative estimate of drug-likeness (QED) is 0.589. The van der Waals surface area contributed by atoms with E-state index in [1.54, 1.807) is 32.0 Å². The molecule has 1 amide bonds. The highest BCUT2D eigenvalue weighted by atomic mass is 32.2. The van der Waals surface area contributed by atoms with E-state index in [9.17, 15) is 13.2 Å². The Morgan fingerprint density at radius 1 is 1.18 bits per heavy atom. The Hall–Kier alpha value is -2.24. The van der Waals surface area contributed by atoms with Gasteiger partial charge in [-0.15, -0.1) is 10.2 Å². The van der Waals surface area contributed by atoms with Gasteiger partial charge < -0.3 is 14.8 Å². The van der Waals surface area contributed by atoms with Gasteiger partial charge in [-0.25, -0.2) is 13.1 Å². The van der Waals surface area contributed by atoms with Crippen LogP contribution >= 0.6 is 11.3 Å². The van der Waals surface area contributed by atoms with Gasteiger partial charge in [-0.2, -0.15) is 0 Å². The molecule has 0 unspecified atom stereocenters. The number of nitrogens with one attached hydrogen (secondary N) is 2. The second kappa shape index (κ2) is 9.30. The number of carbonyl (C=O) groups is 1. The van der Waals surface area contributed by atoms with Crippen molar-refractivity contribution in [2.45, 2.75) is 37.6 Å². The van der Waals surface area contributed by atoms with Gasteiger partial charge in [-0.3, -0.25) is 4.79 Å². The number of nitrogens with zero attached hydrogens (tertiary/aromatic N) is 2. The monoisotopic (exact) mass is 428 g/mol. The summed E-state index contributed by atoms with van der Waals surface area (Å²) in [5.41, 5.74) is 0.724. The average Bonchev–Trinajstić information content (AvgIpc) is 3.15. The Balaban J connectivity index is 2.22. The zero-order valence-corrected chi connectivity index (χ0v) is 18.0. The number of hydrogen-bond acceptors (Lipinski definition) is 8. The number of carbonyl (C=O) groups excluding carboxylic acids is 1. The molecule has 1 aromatic heterocycles. The Kier molecular flexibility index (Phi) is 7.33. The zero-order chi connectivity index (χ0) is 20.9. The second-order valence-corrected chi connectivity index (χ2v) is 9.08. The van der Waals surface area contributed by atoms with Crippen molar-refractivity contribution in [1.29, 1.82) is 0 Å². The summed E-state index contributed by atoms with van der Waals surface area (Å²) < 4.78 is 38.3. The number of methoxy groups -OCH3 is 2. The van der Waals surface area contributed by atoms with E-state index in [1.165, 1.54) is 14.2 Å². The minimum atomic E-state index is -3.92. The zero-order valence-electron chi connectivity index (χ0n) is 16.3. The molecule has 0 aliphatic rings. The average molecular weight is 429 g/mol. The maximum atomic E-state index is 12.7. The number of rotatable bonds is 9. The number of ether oxygens (including phenoxy) is 2. The fourth-order valence-electron chi connectivity index (χ4n) is 2.31. The van der Waals surface area contributed by atoms with Crippen molar-refractivity contribution in [3.8, 4) is 11.5 Å². The Morgan fingerprint density at radius 3 is 2.43 bits per heavy atom. The molecule has 0 fully saturated rings. The van der Waals surface area contributed by atoms with Gasteiger partial charge in [-0.05, 0) is 24.1 Å². The highest BCUT2D eigenvalue weighted by molar-refractivity contribution is 7.91. The minimum Gasteiger partial charge on any atom is -0.493 e. The molecule has 1 aromatic carbocycles. The predicted molar refractivity (Wildman–Crippen MR) is 106 cm³/mol. The molecular formula is C17H24N4O5S2. The minimum absolute atomic E-state index is 0.137. The predicted octanol–water partition coefficient (Wildman–Crippen LogP) is 2.58. The fourth-order valence-corrected chi connectivity index (χ4v) is 4.54. The van der Waals surface area contributed by atoms with Crippen molar-refractivity contribution in [2.24, 2.45) is 5.92 Å². The van der Waals surface area contributed by atoms with Crippen LogP contribution in [-0.4, -0.2) is 38.7 Å². The second-order valence-electron chi connectivity index (χ2n) is 6.21. The summed E-state index contributed by atoms with van der Waals surface area (Å²) in [6.07, 6.45) is 0.504. The lowest BCUT2D eigenvalue weighted by molar-refractivity contribution is -0.118. The van der Waals surface area contributed by atoms with Crippen LogP contribution in [0.15, 0.2) is 22.5 Å². The Morgan fingerprint density at radius 2 is 1.86 bits per heavy atom. The smallest absolute Gasteiger partial charge is 0.270 e. The van der Waals surface area contributed by atoms with E-state index in [4.69, 9.17) is 9.47 Å². The van der Waals surface area contributed by atoms with Gasteiger partial charge in [0.1, 0.15) is 0 Å². The molecule has 0 aliphatic heterocycles. The first-order chi connectivity index (χ1) is 13.2.